The lowest BCUT2D eigenvalue weighted by molar-refractivity contribution is 0.434. The van der Waals surface area contributed by atoms with Crippen molar-refractivity contribution in [1.29, 1.82) is 0 Å². The molecule has 0 saturated heterocycles. The van der Waals surface area contributed by atoms with Gasteiger partial charge < -0.3 is 10.2 Å². The zero-order valence-corrected chi connectivity index (χ0v) is 18.1. The summed E-state index contributed by atoms with van der Waals surface area (Å²) in [5.41, 5.74) is -0.719. The standard InChI is InChI=1S/C19H12Cl4O5S/c20-12-4-2-1-3-11(12)19(29(26,27)28,10-5-6-13(21)14(22)9-10)17-15(24)7-8-16(25)18(17)23/h1-9,24-25H,(H,26,27,28). The summed E-state index contributed by atoms with van der Waals surface area (Å²) in [7, 11) is -5.14. The van der Waals surface area contributed by atoms with Gasteiger partial charge in [-0.05, 0) is 35.9 Å². The maximum atomic E-state index is 13.0. The molecule has 1 unspecified atom stereocenters. The van der Waals surface area contributed by atoms with Crippen LogP contribution in [0.15, 0.2) is 54.6 Å². The van der Waals surface area contributed by atoms with Gasteiger partial charge in [0.25, 0.3) is 10.1 Å². The molecule has 1 atom stereocenters. The van der Waals surface area contributed by atoms with Gasteiger partial charge in [0, 0.05) is 16.1 Å². The highest BCUT2D eigenvalue weighted by molar-refractivity contribution is 7.87. The summed E-state index contributed by atoms with van der Waals surface area (Å²) >= 11 is 24.6. The summed E-state index contributed by atoms with van der Waals surface area (Å²) in [6.45, 7) is 0. The van der Waals surface area contributed by atoms with E-state index < -0.39 is 37.0 Å². The largest absolute Gasteiger partial charge is 0.508 e. The zero-order chi connectivity index (χ0) is 21.6. The molecule has 29 heavy (non-hydrogen) atoms. The van der Waals surface area contributed by atoms with Crippen molar-refractivity contribution in [2.75, 3.05) is 0 Å². The molecule has 3 aromatic rings. The third-order valence-electron chi connectivity index (χ3n) is 4.42. The molecule has 0 heterocycles. The number of halogens is 4. The molecule has 5 nitrogen and oxygen atoms in total. The minimum absolute atomic E-state index is 0.0139. The first kappa shape index (κ1) is 22.0. The Morgan fingerprint density at radius 1 is 0.759 bits per heavy atom. The van der Waals surface area contributed by atoms with E-state index in [4.69, 9.17) is 46.4 Å². The van der Waals surface area contributed by atoms with Crippen molar-refractivity contribution in [3.63, 3.8) is 0 Å². The zero-order valence-electron chi connectivity index (χ0n) is 14.3. The molecule has 0 amide bonds. The van der Waals surface area contributed by atoms with Gasteiger partial charge in [-0.3, -0.25) is 4.55 Å². The molecular weight excluding hydrogens is 482 g/mol. The van der Waals surface area contributed by atoms with E-state index in [0.29, 0.717) is 0 Å². The van der Waals surface area contributed by atoms with Gasteiger partial charge in [-0.1, -0.05) is 70.7 Å². The summed E-state index contributed by atoms with van der Waals surface area (Å²) in [6.07, 6.45) is 0. The van der Waals surface area contributed by atoms with Crippen molar-refractivity contribution in [2.24, 2.45) is 0 Å². The lowest BCUT2D eigenvalue weighted by Crippen LogP contribution is -2.39. The van der Waals surface area contributed by atoms with Gasteiger partial charge in [0.1, 0.15) is 11.5 Å². The lowest BCUT2D eigenvalue weighted by Gasteiger charge is -2.34. The van der Waals surface area contributed by atoms with Crippen LogP contribution in [0.4, 0.5) is 0 Å². The van der Waals surface area contributed by atoms with E-state index in [-0.39, 0.29) is 26.2 Å². The van der Waals surface area contributed by atoms with Crippen LogP contribution in [0.1, 0.15) is 16.7 Å². The van der Waals surface area contributed by atoms with Crippen molar-refractivity contribution in [1.82, 2.24) is 0 Å². The van der Waals surface area contributed by atoms with Crippen LogP contribution >= 0.6 is 46.4 Å². The fraction of sp³-hybridized carbons (Fsp3) is 0.0526. The summed E-state index contributed by atoms with van der Waals surface area (Å²) in [4.78, 5) is 0. The van der Waals surface area contributed by atoms with Gasteiger partial charge >= 0.3 is 0 Å². The Bertz CT molecular complexity index is 1210. The van der Waals surface area contributed by atoms with Gasteiger partial charge in [-0.15, -0.1) is 0 Å². The van der Waals surface area contributed by atoms with Gasteiger partial charge in [0.2, 0.25) is 0 Å². The van der Waals surface area contributed by atoms with Gasteiger partial charge in [-0.2, -0.15) is 8.42 Å². The Hall–Kier alpha value is -1.67. The Balaban J connectivity index is 2.66. The van der Waals surface area contributed by atoms with Crippen molar-refractivity contribution in [3.05, 3.63) is 91.4 Å². The SMILES string of the molecule is O=S(=O)(O)C(c1ccc(Cl)c(Cl)c1)(c1ccccc1Cl)c1c(O)ccc(O)c1Cl. The van der Waals surface area contributed by atoms with Crippen LogP contribution in [-0.4, -0.2) is 23.2 Å². The van der Waals surface area contributed by atoms with Crippen LogP contribution in [0.3, 0.4) is 0 Å². The van der Waals surface area contributed by atoms with Crippen LogP contribution in [0.5, 0.6) is 11.5 Å². The first-order valence-corrected chi connectivity index (χ1v) is 10.9. The number of phenols is 2. The molecule has 0 bridgehead atoms. The van der Waals surface area contributed by atoms with Crippen LogP contribution < -0.4 is 0 Å². The summed E-state index contributed by atoms with van der Waals surface area (Å²) < 4.78 is 33.9. The van der Waals surface area contributed by atoms with Crippen LogP contribution in [0, 0.1) is 0 Å². The maximum absolute atomic E-state index is 13.0. The molecule has 0 aromatic heterocycles. The van der Waals surface area contributed by atoms with Gasteiger partial charge in [0.15, 0.2) is 4.75 Å². The second-order valence-electron chi connectivity index (χ2n) is 6.06. The first-order chi connectivity index (χ1) is 13.5. The number of hydrogen-bond donors (Lipinski definition) is 3. The number of rotatable bonds is 4. The molecule has 3 N–H and O–H groups in total. The molecular formula is C19H12Cl4O5S. The quantitative estimate of drug-likeness (QED) is 0.239. The third-order valence-corrected chi connectivity index (χ3v) is 7.30. The molecule has 0 spiro atoms. The smallest absolute Gasteiger partial charge is 0.283 e. The predicted molar refractivity (Wildman–Crippen MR) is 114 cm³/mol. The van der Waals surface area contributed by atoms with E-state index in [1.54, 1.807) is 6.07 Å². The maximum Gasteiger partial charge on any atom is 0.283 e. The summed E-state index contributed by atoms with van der Waals surface area (Å²) in [5.74, 6) is -1.11. The first-order valence-electron chi connectivity index (χ1n) is 7.90. The molecule has 3 aromatic carbocycles. The van der Waals surface area contributed by atoms with E-state index in [1.165, 1.54) is 36.4 Å². The highest BCUT2D eigenvalue weighted by Gasteiger charge is 2.53. The van der Waals surface area contributed by atoms with Crippen molar-refractivity contribution < 1.29 is 23.2 Å². The van der Waals surface area contributed by atoms with Crippen molar-refractivity contribution in [2.45, 2.75) is 4.75 Å². The average Bonchev–Trinajstić information content (AvgIpc) is 2.64. The average molecular weight is 494 g/mol. The Kier molecular flexibility index (Phi) is 5.98. The van der Waals surface area contributed by atoms with E-state index in [9.17, 15) is 23.2 Å². The highest BCUT2D eigenvalue weighted by Crippen LogP contribution is 2.53. The van der Waals surface area contributed by atoms with Crippen molar-refractivity contribution >= 4 is 56.5 Å². The molecule has 0 fully saturated rings. The molecule has 3 rings (SSSR count). The van der Waals surface area contributed by atoms with Gasteiger partial charge in [-0.25, -0.2) is 0 Å². The Labute approximate surface area is 186 Å². The minimum Gasteiger partial charge on any atom is -0.508 e. The summed E-state index contributed by atoms with van der Waals surface area (Å²) in [5, 5.41) is 20.3. The van der Waals surface area contributed by atoms with Crippen molar-refractivity contribution in [3.8, 4) is 11.5 Å². The van der Waals surface area contributed by atoms with Crippen LogP contribution in [0.25, 0.3) is 0 Å². The normalized spacial score (nSPS) is 13.8. The highest BCUT2D eigenvalue weighted by atomic mass is 35.5. The molecule has 0 aliphatic heterocycles. The third kappa shape index (κ3) is 3.54. The van der Waals surface area contributed by atoms with E-state index in [1.807, 2.05) is 0 Å². The Morgan fingerprint density at radius 3 is 1.97 bits per heavy atom. The minimum atomic E-state index is -5.14. The monoisotopic (exact) mass is 492 g/mol. The Morgan fingerprint density at radius 2 is 1.38 bits per heavy atom. The van der Waals surface area contributed by atoms with Crippen LogP contribution in [-0.2, 0) is 14.9 Å². The fourth-order valence-electron chi connectivity index (χ4n) is 3.20. The second kappa shape index (κ2) is 7.87. The lowest BCUT2D eigenvalue weighted by atomic mass is 9.83. The number of benzene rings is 3. The number of aromatic hydroxyl groups is 2. The molecule has 10 heteroatoms. The number of hydrogen-bond acceptors (Lipinski definition) is 4. The molecule has 152 valence electrons. The molecule has 0 aliphatic carbocycles. The molecule has 0 aliphatic rings. The number of phenolic OH excluding ortho intramolecular Hbond substituents is 2. The fourth-order valence-corrected chi connectivity index (χ4v) is 5.54. The van der Waals surface area contributed by atoms with Crippen LogP contribution in [0.2, 0.25) is 20.1 Å². The molecule has 0 saturated carbocycles. The van der Waals surface area contributed by atoms with Gasteiger partial charge in [0.05, 0.1) is 15.1 Å². The van der Waals surface area contributed by atoms with E-state index >= 15 is 0 Å². The summed E-state index contributed by atoms with van der Waals surface area (Å²) in [6, 6.07) is 11.8. The van der Waals surface area contributed by atoms with E-state index in [0.717, 1.165) is 12.1 Å². The predicted octanol–water partition coefficient (Wildman–Crippen LogP) is 5.89. The second-order valence-corrected chi connectivity index (χ2v) is 9.22. The topological polar surface area (TPSA) is 94.8 Å². The van der Waals surface area contributed by atoms with E-state index in [2.05, 4.69) is 0 Å². The molecule has 0 radical (unpaired) electrons.